The molecule has 26 heavy (non-hydrogen) atoms. The molecule has 1 unspecified atom stereocenters. The summed E-state index contributed by atoms with van der Waals surface area (Å²) < 4.78 is 11.7. The van der Waals surface area contributed by atoms with Gasteiger partial charge in [0.25, 0.3) is 0 Å². The lowest BCUT2D eigenvalue weighted by molar-refractivity contribution is -0.137. The van der Waals surface area contributed by atoms with E-state index in [1.165, 1.54) is 0 Å². The fourth-order valence-electron chi connectivity index (χ4n) is 4.09. The van der Waals surface area contributed by atoms with E-state index in [0.717, 1.165) is 50.7 Å². The lowest BCUT2D eigenvalue weighted by atomic mass is 9.90. The Bertz CT molecular complexity index is 499. The second kappa shape index (κ2) is 10.7. The molecule has 148 valence electrons. The van der Waals surface area contributed by atoms with Crippen LogP contribution in [0.3, 0.4) is 0 Å². The summed E-state index contributed by atoms with van der Waals surface area (Å²) in [5, 5.41) is 18.9. The van der Waals surface area contributed by atoms with Crippen LogP contribution >= 0.6 is 0 Å². The molecule has 0 aromatic rings. The normalized spacial score (nSPS) is 30.7. The van der Waals surface area contributed by atoms with Crippen molar-refractivity contribution < 1.29 is 24.5 Å². The number of carboxylic acid groups (broad SMARTS) is 1. The Morgan fingerprint density at radius 3 is 2.88 bits per heavy atom. The van der Waals surface area contributed by atoms with Gasteiger partial charge in [-0.15, -0.1) is 0 Å². The molecule has 0 spiro atoms. The Morgan fingerprint density at radius 2 is 2.19 bits per heavy atom. The van der Waals surface area contributed by atoms with Crippen molar-refractivity contribution in [2.75, 3.05) is 7.11 Å². The van der Waals surface area contributed by atoms with Crippen molar-refractivity contribution in [2.45, 2.75) is 83.0 Å². The molecule has 0 bridgehead atoms. The van der Waals surface area contributed by atoms with Crippen LogP contribution in [0.4, 0.5) is 0 Å². The number of hydrogen-bond acceptors (Lipinski definition) is 4. The molecular formula is C21H34O5. The first-order valence-electron chi connectivity index (χ1n) is 10.0. The van der Waals surface area contributed by atoms with Crippen molar-refractivity contribution in [3.8, 4) is 0 Å². The van der Waals surface area contributed by atoms with Crippen molar-refractivity contribution in [2.24, 2.45) is 11.8 Å². The zero-order valence-electron chi connectivity index (χ0n) is 16.1. The van der Waals surface area contributed by atoms with Crippen LogP contribution in [0.1, 0.15) is 64.7 Å². The van der Waals surface area contributed by atoms with Gasteiger partial charge in [-0.3, -0.25) is 4.79 Å². The third kappa shape index (κ3) is 6.13. The van der Waals surface area contributed by atoms with Crippen molar-refractivity contribution >= 4 is 5.97 Å². The first-order chi connectivity index (χ1) is 12.5. The summed E-state index contributed by atoms with van der Waals surface area (Å²) in [5.74, 6) is 0.876. The van der Waals surface area contributed by atoms with Gasteiger partial charge in [0.15, 0.2) is 0 Å². The first kappa shape index (κ1) is 21.0. The molecular weight excluding hydrogens is 332 g/mol. The van der Waals surface area contributed by atoms with Gasteiger partial charge >= 0.3 is 5.97 Å². The molecule has 0 amide bonds. The number of aliphatic carboxylic acids is 1. The molecule has 5 nitrogen and oxygen atoms in total. The molecule has 1 saturated carbocycles. The molecule has 0 aromatic heterocycles. The number of hydrogen-bond donors (Lipinski definition) is 2. The minimum Gasteiger partial charge on any atom is -0.495 e. The fourth-order valence-corrected chi connectivity index (χ4v) is 4.09. The maximum atomic E-state index is 10.6. The quantitative estimate of drug-likeness (QED) is 0.426. The van der Waals surface area contributed by atoms with E-state index in [2.05, 4.69) is 13.0 Å². The van der Waals surface area contributed by atoms with Crippen LogP contribution in [-0.4, -0.2) is 41.6 Å². The second-order valence-electron chi connectivity index (χ2n) is 7.52. The van der Waals surface area contributed by atoms with E-state index >= 15 is 0 Å². The Hall–Kier alpha value is -1.33. The van der Waals surface area contributed by atoms with Gasteiger partial charge in [0.1, 0.15) is 6.10 Å². The van der Waals surface area contributed by atoms with E-state index in [4.69, 9.17) is 14.6 Å². The summed E-state index contributed by atoms with van der Waals surface area (Å²) in [6.07, 6.45) is 13.5. The number of ether oxygens (including phenoxy) is 2. The number of carbonyl (C=O) groups is 1. The maximum Gasteiger partial charge on any atom is 0.303 e. The lowest BCUT2D eigenvalue weighted by Gasteiger charge is -2.19. The molecule has 0 radical (unpaired) electrons. The van der Waals surface area contributed by atoms with Crippen molar-refractivity contribution in [3.05, 3.63) is 24.0 Å². The first-order valence-corrected chi connectivity index (χ1v) is 10.0. The molecule has 1 aliphatic heterocycles. The van der Waals surface area contributed by atoms with E-state index in [0.29, 0.717) is 12.3 Å². The highest BCUT2D eigenvalue weighted by Crippen LogP contribution is 2.46. The Morgan fingerprint density at radius 1 is 1.38 bits per heavy atom. The average Bonchev–Trinajstić information content (AvgIpc) is 3.14. The number of methoxy groups -OCH3 is 1. The predicted molar refractivity (Wildman–Crippen MR) is 101 cm³/mol. The molecule has 2 aliphatic rings. The average molecular weight is 366 g/mol. The van der Waals surface area contributed by atoms with Gasteiger partial charge in [-0.25, -0.2) is 0 Å². The van der Waals surface area contributed by atoms with Crippen LogP contribution in [0.2, 0.25) is 0 Å². The molecule has 5 heteroatoms. The molecule has 2 rings (SSSR count). The van der Waals surface area contributed by atoms with Crippen molar-refractivity contribution in [1.82, 2.24) is 0 Å². The topological polar surface area (TPSA) is 76.0 Å². The Kier molecular flexibility index (Phi) is 8.66. The predicted octanol–water partition coefficient (Wildman–Crippen LogP) is 4.06. The molecule has 1 saturated heterocycles. The van der Waals surface area contributed by atoms with Gasteiger partial charge in [-0.05, 0) is 25.3 Å². The van der Waals surface area contributed by atoms with Gasteiger partial charge < -0.3 is 19.7 Å². The van der Waals surface area contributed by atoms with Crippen molar-refractivity contribution in [3.63, 3.8) is 0 Å². The third-order valence-corrected chi connectivity index (χ3v) is 5.53. The highest BCUT2D eigenvalue weighted by Gasteiger charge is 2.47. The fraction of sp³-hybridized carbons (Fsp3) is 0.762. The number of allylic oxidation sites excluding steroid dienone is 2. The number of carboxylic acids is 1. The summed E-state index contributed by atoms with van der Waals surface area (Å²) in [6, 6.07) is 0. The Balaban J connectivity index is 1.88. The largest absolute Gasteiger partial charge is 0.495 e. The minimum atomic E-state index is -0.752. The van der Waals surface area contributed by atoms with E-state index in [9.17, 15) is 9.90 Å². The van der Waals surface area contributed by atoms with E-state index in [1.54, 1.807) is 7.11 Å². The van der Waals surface area contributed by atoms with Crippen LogP contribution in [0.15, 0.2) is 24.0 Å². The smallest absolute Gasteiger partial charge is 0.303 e. The molecule has 2 N–H and O–H groups in total. The minimum absolute atomic E-state index is 0.137. The van der Waals surface area contributed by atoms with E-state index in [1.807, 2.05) is 12.2 Å². The SMILES string of the molecule is CCCCC[C@H](O)/C=C/[C@@H]1C2C/C(=C/CCCC(=O)O)O[C@@H]2C[C@H]1OC. The zero-order chi connectivity index (χ0) is 18.9. The van der Waals surface area contributed by atoms with Crippen LogP contribution in [0.25, 0.3) is 0 Å². The highest BCUT2D eigenvalue weighted by atomic mass is 16.5. The molecule has 1 aliphatic carbocycles. The Labute approximate surface area is 157 Å². The summed E-state index contributed by atoms with van der Waals surface area (Å²) in [6.45, 7) is 2.16. The monoisotopic (exact) mass is 366 g/mol. The molecule has 0 aromatic carbocycles. The van der Waals surface area contributed by atoms with E-state index < -0.39 is 5.97 Å². The van der Waals surface area contributed by atoms with E-state index in [-0.39, 0.29) is 30.7 Å². The van der Waals surface area contributed by atoms with Crippen molar-refractivity contribution in [1.29, 1.82) is 0 Å². The number of aliphatic hydroxyl groups is 1. The number of fused-ring (bicyclic) bond motifs is 1. The third-order valence-electron chi connectivity index (χ3n) is 5.53. The molecule has 1 heterocycles. The number of rotatable bonds is 11. The van der Waals surface area contributed by atoms with Gasteiger partial charge in [0, 0.05) is 38.2 Å². The summed E-state index contributed by atoms with van der Waals surface area (Å²) in [5.41, 5.74) is 0. The standard InChI is InChI=1S/C21H34O5/c1-3-4-5-8-15(22)11-12-17-18-13-16(9-6-7-10-21(23)24)26-20(18)14-19(17)25-2/h9,11-12,15,17-20,22H,3-8,10,13-14H2,1-2H3,(H,23,24)/b12-11+,16-9-/t15-,17+,18?,19+,20+/m0/s1. The number of aliphatic hydroxyl groups excluding tert-OH is 1. The second-order valence-corrected chi connectivity index (χ2v) is 7.52. The van der Waals surface area contributed by atoms with Gasteiger partial charge in [-0.2, -0.15) is 0 Å². The number of unbranched alkanes of at least 4 members (excludes halogenated alkanes) is 3. The van der Waals surface area contributed by atoms with Crippen LogP contribution in [0, 0.1) is 11.8 Å². The summed E-state index contributed by atoms with van der Waals surface area (Å²) in [4.78, 5) is 10.6. The van der Waals surface area contributed by atoms with Crippen LogP contribution in [-0.2, 0) is 14.3 Å². The maximum absolute atomic E-state index is 10.6. The van der Waals surface area contributed by atoms with Crippen LogP contribution < -0.4 is 0 Å². The lowest BCUT2D eigenvalue weighted by Crippen LogP contribution is -2.20. The highest BCUT2D eigenvalue weighted by molar-refractivity contribution is 5.66. The van der Waals surface area contributed by atoms with Gasteiger partial charge in [0.05, 0.1) is 18.0 Å². The van der Waals surface area contributed by atoms with Gasteiger partial charge in [0.2, 0.25) is 0 Å². The van der Waals surface area contributed by atoms with Crippen LogP contribution in [0.5, 0.6) is 0 Å². The summed E-state index contributed by atoms with van der Waals surface area (Å²) >= 11 is 0. The molecule has 5 atom stereocenters. The summed E-state index contributed by atoms with van der Waals surface area (Å²) in [7, 11) is 1.74. The molecule has 2 fully saturated rings. The zero-order valence-corrected chi connectivity index (χ0v) is 16.1. The van der Waals surface area contributed by atoms with Gasteiger partial charge in [-0.1, -0.05) is 38.3 Å².